The number of carbonyl (C=O) groups excluding carboxylic acids is 1. The van der Waals surface area contributed by atoms with Gasteiger partial charge in [0.05, 0.1) is 0 Å². The third kappa shape index (κ3) is 3.76. The van der Waals surface area contributed by atoms with Crippen molar-refractivity contribution in [2.45, 2.75) is 40.2 Å². The van der Waals surface area contributed by atoms with E-state index in [1.807, 2.05) is 34.6 Å². The lowest BCUT2D eigenvalue weighted by molar-refractivity contribution is 0.0274. The fourth-order valence-electron chi connectivity index (χ4n) is 1.50. The first-order valence-corrected chi connectivity index (χ1v) is 5.68. The summed E-state index contributed by atoms with van der Waals surface area (Å²) in [6, 6.07) is 0. The lowest BCUT2D eigenvalue weighted by atomic mass is 10.2. The highest BCUT2D eigenvalue weighted by Gasteiger charge is 2.23. The predicted octanol–water partition coefficient (Wildman–Crippen LogP) is 2.12. The van der Waals surface area contributed by atoms with E-state index in [0.29, 0.717) is 13.1 Å². The molecule has 1 amide bonds. The van der Waals surface area contributed by atoms with Crippen LogP contribution in [0.15, 0.2) is 11.3 Å². The molecular formula is C12H22N2O2. The molecule has 4 nitrogen and oxygen atoms in total. The third-order valence-corrected chi connectivity index (χ3v) is 2.49. The average Bonchev–Trinajstić information content (AvgIpc) is 2.27. The van der Waals surface area contributed by atoms with Crippen LogP contribution in [-0.2, 0) is 4.74 Å². The van der Waals surface area contributed by atoms with Crippen molar-refractivity contribution in [2.24, 2.45) is 0 Å². The zero-order valence-electron chi connectivity index (χ0n) is 10.9. The number of nitrogens with one attached hydrogen (secondary N) is 1. The second kappa shape index (κ2) is 4.76. The highest BCUT2D eigenvalue weighted by Crippen LogP contribution is 2.13. The normalized spacial score (nSPS) is 17.9. The highest BCUT2D eigenvalue weighted by atomic mass is 16.6. The smallest absolute Gasteiger partial charge is 0.410 e. The molecule has 0 radical (unpaired) electrons. The van der Waals surface area contributed by atoms with Gasteiger partial charge in [0.1, 0.15) is 5.60 Å². The molecular weight excluding hydrogens is 204 g/mol. The van der Waals surface area contributed by atoms with Crippen molar-refractivity contribution in [1.82, 2.24) is 10.2 Å². The van der Waals surface area contributed by atoms with E-state index in [0.717, 1.165) is 12.2 Å². The van der Waals surface area contributed by atoms with Crippen LogP contribution in [0.25, 0.3) is 0 Å². The van der Waals surface area contributed by atoms with E-state index in [1.54, 1.807) is 4.90 Å². The predicted molar refractivity (Wildman–Crippen MR) is 64.2 cm³/mol. The number of rotatable bonds is 0. The Hall–Kier alpha value is -1.19. The molecule has 4 heteroatoms. The molecule has 0 spiro atoms. The van der Waals surface area contributed by atoms with Crippen molar-refractivity contribution in [3.05, 3.63) is 11.3 Å². The van der Waals surface area contributed by atoms with Crippen LogP contribution < -0.4 is 5.32 Å². The first kappa shape index (κ1) is 12.9. The summed E-state index contributed by atoms with van der Waals surface area (Å²) < 4.78 is 5.35. The van der Waals surface area contributed by atoms with Crippen LogP contribution in [-0.4, -0.2) is 36.2 Å². The van der Waals surface area contributed by atoms with E-state index in [9.17, 15) is 4.79 Å². The first-order chi connectivity index (χ1) is 7.29. The van der Waals surface area contributed by atoms with Gasteiger partial charge in [0.2, 0.25) is 0 Å². The summed E-state index contributed by atoms with van der Waals surface area (Å²) in [5.41, 5.74) is 1.91. The lowest BCUT2D eigenvalue weighted by Gasteiger charge is -2.26. The Kier molecular flexibility index (Phi) is 3.83. The fourth-order valence-corrected chi connectivity index (χ4v) is 1.50. The fraction of sp³-hybridized carbons (Fsp3) is 0.750. The molecule has 0 saturated carbocycles. The average molecular weight is 226 g/mol. The topological polar surface area (TPSA) is 41.6 Å². The van der Waals surface area contributed by atoms with Gasteiger partial charge in [-0.25, -0.2) is 4.79 Å². The maximum Gasteiger partial charge on any atom is 0.410 e. The molecule has 0 fully saturated rings. The minimum atomic E-state index is -0.427. The van der Waals surface area contributed by atoms with E-state index in [-0.39, 0.29) is 6.09 Å². The Labute approximate surface area is 97.6 Å². The van der Waals surface area contributed by atoms with Gasteiger partial charge in [-0.1, -0.05) is 0 Å². The molecule has 1 rings (SSSR count). The van der Waals surface area contributed by atoms with Gasteiger partial charge >= 0.3 is 6.09 Å². The monoisotopic (exact) mass is 226 g/mol. The summed E-state index contributed by atoms with van der Waals surface area (Å²) in [5.74, 6) is 0. The summed E-state index contributed by atoms with van der Waals surface area (Å²) >= 11 is 0. The summed E-state index contributed by atoms with van der Waals surface area (Å²) in [5, 5.41) is 3.27. The minimum absolute atomic E-state index is 0.233. The molecule has 0 atom stereocenters. The van der Waals surface area contributed by atoms with Crippen LogP contribution in [0, 0.1) is 0 Å². The van der Waals surface area contributed by atoms with E-state index in [1.165, 1.54) is 5.57 Å². The number of allylic oxidation sites excluding steroid dienone is 1. The molecule has 0 aromatic heterocycles. The second-order valence-corrected chi connectivity index (χ2v) is 5.23. The van der Waals surface area contributed by atoms with Crippen LogP contribution in [0.1, 0.15) is 34.6 Å². The van der Waals surface area contributed by atoms with Crippen molar-refractivity contribution in [3.8, 4) is 0 Å². The summed E-state index contributed by atoms with van der Waals surface area (Å²) in [6.07, 6.45) is -0.233. The Morgan fingerprint density at radius 2 is 2.00 bits per heavy atom. The molecule has 0 saturated heterocycles. The molecule has 1 aliphatic rings. The summed E-state index contributed by atoms with van der Waals surface area (Å²) in [4.78, 5) is 13.6. The van der Waals surface area contributed by atoms with Crippen molar-refractivity contribution in [3.63, 3.8) is 0 Å². The lowest BCUT2D eigenvalue weighted by Crippen LogP contribution is -2.39. The number of ether oxygens (including phenoxy) is 1. The highest BCUT2D eigenvalue weighted by molar-refractivity contribution is 5.68. The second-order valence-electron chi connectivity index (χ2n) is 5.23. The van der Waals surface area contributed by atoms with E-state index in [2.05, 4.69) is 5.32 Å². The van der Waals surface area contributed by atoms with Gasteiger partial charge in [-0.15, -0.1) is 0 Å². The van der Waals surface area contributed by atoms with Crippen LogP contribution in [0.3, 0.4) is 0 Å². The van der Waals surface area contributed by atoms with Gasteiger partial charge in [0.15, 0.2) is 0 Å². The van der Waals surface area contributed by atoms with Gasteiger partial charge in [0.25, 0.3) is 0 Å². The van der Waals surface area contributed by atoms with Gasteiger partial charge in [-0.05, 0) is 40.2 Å². The van der Waals surface area contributed by atoms with E-state index < -0.39 is 5.60 Å². The molecule has 0 aliphatic carbocycles. The summed E-state index contributed by atoms with van der Waals surface area (Å²) in [6.45, 7) is 11.8. The van der Waals surface area contributed by atoms with Gasteiger partial charge < -0.3 is 15.0 Å². The Balaban J connectivity index is 2.64. The molecule has 0 bridgehead atoms. The zero-order chi connectivity index (χ0) is 12.3. The molecule has 1 heterocycles. The molecule has 1 aliphatic heterocycles. The SMILES string of the molecule is CC1=C(C)NCCN(C(=O)OC(C)(C)C)C1. The summed E-state index contributed by atoms with van der Waals surface area (Å²) in [7, 11) is 0. The number of hydrogen-bond donors (Lipinski definition) is 1. The van der Waals surface area contributed by atoms with E-state index >= 15 is 0 Å². The van der Waals surface area contributed by atoms with Crippen molar-refractivity contribution < 1.29 is 9.53 Å². The Morgan fingerprint density at radius 3 is 2.56 bits per heavy atom. The van der Waals surface area contributed by atoms with Gasteiger partial charge in [-0.2, -0.15) is 0 Å². The van der Waals surface area contributed by atoms with E-state index in [4.69, 9.17) is 4.74 Å². The Morgan fingerprint density at radius 1 is 1.38 bits per heavy atom. The number of nitrogens with zero attached hydrogens (tertiary/aromatic N) is 1. The molecule has 0 unspecified atom stereocenters. The maximum atomic E-state index is 11.9. The largest absolute Gasteiger partial charge is 0.444 e. The van der Waals surface area contributed by atoms with Crippen molar-refractivity contribution >= 4 is 6.09 Å². The number of carbonyl (C=O) groups is 1. The van der Waals surface area contributed by atoms with Crippen LogP contribution in [0.5, 0.6) is 0 Å². The third-order valence-electron chi connectivity index (χ3n) is 2.49. The number of amides is 1. The standard InChI is InChI=1S/C12H22N2O2/c1-9-8-14(7-6-13-10(9)2)11(15)16-12(3,4)5/h13H,6-8H2,1-5H3. The first-order valence-electron chi connectivity index (χ1n) is 5.68. The molecule has 92 valence electrons. The van der Waals surface area contributed by atoms with Crippen LogP contribution >= 0.6 is 0 Å². The van der Waals surface area contributed by atoms with Gasteiger partial charge in [-0.3, -0.25) is 0 Å². The van der Waals surface area contributed by atoms with Crippen molar-refractivity contribution in [1.29, 1.82) is 0 Å². The quantitative estimate of drug-likeness (QED) is 0.688. The Bertz CT molecular complexity index is 303. The van der Waals surface area contributed by atoms with Gasteiger partial charge in [0, 0.05) is 25.3 Å². The molecule has 1 N–H and O–H groups in total. The maximum absolute atomic E-state index is 11.9. The molecule has 0 aromatic rings. The molecule has 16 heavy (non-hydrogen) atoms. The van der Waals surface area contributed by atoms with Crippen LogP contribution in [0.2, 0.25) is 0 Å². The number of hydrogen-bond acceptors (Lipinski definition) is 3. The van der Waals surface area contributed by atoms with Crippen LogP contribution in [0.4, 0.5) is 4.79 Å². The molecule has 0 aromatic carbocycles. The van der Waals surface area contributed by atoms with Crippen molar-refractivity contribution in [2.75, 3.05) is 19.6 Å². The zero-order valence-corrected chi connectivity index (χ0v) is 10.9. The minimum Gasteiger partial charge on any atom is -0.444 e.